The van der Waals surface area contributed by atoms with E-state index in [1.807, 2.05) is 6.07 Å². The summed E-state index contributed by atoms with van der Waals surface area (Å²) >= 11 is 7.50. The molecular weight excluding hydrogens is 284 g/mol. The minimum atomic E-state index is 0.547. The molecule has 0 saturated heterocycles. The summed E-state index contributed by atoms with van der Waals surface area (Å²) in [6, 6.07) is 7.22. The lowest BCUT2D eigenvalue weighted by molar-refractivity contribution is 0.171. The molecule has 0 radical (unpaired) electrons. The van der Waals surface area contributed by atoms with E-state index in [0.717, 1.165) is 4.90 Å². The van der Waals surface area contributed by atoms with Gasteiger partial charge >= 0.3 is 0 Å². The number of nitrogens with zero attached hydrogens (tertiary/aromatic N) is 1. The molecule has 0 bridgehead atoms. The third kappa shape index (κ3) is 2.57. The number of hydrogen-bond donors (Lipinski definition) is 1. The molecule has 0 atom stereocenters. The highest BCUT2D eigenvalue weighted by Crippen LogP contribution is 2.41. The largest absolute Gasteiger partial charge is 0.486 e. The van der Waals surface area contributed by atoms with Gasteiger partial charge in [-0.2, -0.15) is 0 Å². The zero-order valence-corrected chi connectivity index (χ0v) is 11.5. The molecule has 1 aliphatic rings. The Labute approximate surface area is 119 Å². The Bertz CT molecular complexity index is 622. The highest BCUT2D eigenvalue weighted by molar-refractivity contribution is 7.99. The van der Waals surface area contributed by atoms with Crippen molar-refractivity contribution in [2.45, 2.75) is 9.92 Å². The fourth-order valence-electron chi connectivity index (χ4n) is 1.72. The molecule has 0 spiro atoms. The molecule has 0 unspecified atom stereocenters. The van der Waals surface area contributed by atoms with Crippen LogP contribution in [-0.4, -0.2) is 18.2 Å². The average molecular weight is 295 g/mol. The van der Waals surface area contributed by atoms with Crippen LogP contribution in [0.15, 0.2) is 40.4 Å². The third-order valence-corrected chi connectivity index (χ3v) is 4.12. The lowest BCUT2D eigenvalue weighted by atomic mass is 10.2. The smallest absolute Gasteiger partial charge is 0.163 e. The molecule has 0 saturated carbocycles. The summed E-state index contributed by atoms with van der Waals surface area (Å²) < 4.78 is 11.0. The Morgan fingerprint density at radius 1 is 1.21 bits per heavy atom. The summed E-state index contributed by atoms with van der Waals surface area (Å²) in [5, 5.41) is 1.31. The van der Waals surface area contributed by atoms with Gasteiger partial charge in [0.2, 0.25) is 0 Å². The summed E-state index contributed by atoms with van der Waals surface area (Å²) in [5.41, 5.74) is 6.64. The predicted molar refractivity (Wildman–Crippen MR) is 75.2 cm³/mol. The number of pyridine rings is 1. The van der Waals surface area contributed by atoms with Crippen molar-refractivity contribution >= 4 is 29.1 Å². The first-order valence-electron chi connectivity index (χ1n) is 5.71. The van der Waals surface area contributed by atoms with E-state index in [2.05, 4.69) is 4.98 Å². The second-order valence-corrected chi connectivity index (χ2v) is 5.36. The Morgan fingerprint density at radius 3 is 2.68 bits per heavy atom. The van der Waals surface area contributed by atoms with E-state index in [9.17, 15) is 0 Å². The molecule has 2 aromatic rings. The van der Waals surface area contributed by atoms with Crippen LogP contribution in [0.1, 0.15) is 0 Å². The number of halogens is 1. The molecule has 2 N–H and O–H groups in total. The van der Waals surface area contributed by atoms with Crippen molar-refractivity contribution in [1.29, 1.82) is 0 Å². The van der Waals surface area contributed by atoms with Gasteiger partial charge in [-0.1, -0.05) is 23.4 Å². The van der Waals surface area contributed by atoms with E-state index >= 15 is 0 Å². The van der Waals surface area contributed by atoms with E-state index in [0.29, 0.717) is 40.4 Å². The Morgan fingerprint density at radius 2 is 1.95 bits per heavy atom. The van der Waals surface area contributed by atoms with Crippen molar-refractivity contribution in [3.8, 4) is 11.5 Å². The zero-order chi connectivity index (χ0) is 13.2. The van der Waals surface area contributed by atoms with Crippen molar-refractivity contribution in [3.63, 3.8) is 0 Å². The van der Waals surface area contributed by atoms with Gasteiger partial charge in [0.1, 0.15) is 18.2 Å². The van der Waals surface area contributed by atoms with Crippen molar-refractivity contribution in [1.82, 2.24) is 4.98 Å². The molecule has 0 aliphatic carbocycles. The lowest BCUT2D eigenvalue weighted by Gasteiger charge is -2.19. The van der Waals surface area contributed by atoms with Crippen LogP contribution in [0.4, 0.5) is 5.69 Å². The highest BCUT2D eigenvalue weighted by Gasteiger charge is 2.16. The summed E-state index contributed by atoms with van der Waals surface area (Å²) in [7, 11) is 0. The number of nitrogen functional groups attached to an aromatic ring is 1. The van der Waals surface area contributed by atoms with Gasteiger partial charge in [-0.05, 0) is 12.1 Å². The first-order chi connectivity index (χ1) is 9.24. The molecule has 6 heteroatoms. The van der Waals surface area contributed by atoms with Gasteiger partial charge in [-0.15, -0.1) is 0 Å². The Kier molecular flexibility index (Phi) is 3.40. The normalized spacial score (nSPS) is 13.3. The molecular formula is C13H11ClN2O2S. The maximum atomic E-state index is 6.09. The number of aromatic nitrogens is 1. The van der Waals surface area contributed by atoms with Gasteiger partial charge in [-0.3, -0.25) is 0 Å². The maximum absolute atomic E-state index is 6.09. The number of ether oxygens (including phenoxy) is 2. The first kappa shape index (κ1) is 12.4. The topological polar surface area (TPSA) is 57.4 Å². The number of nitrogens with two attached hydrogens (primary N) is 1. The number of rotatable bonds is 2. The third-order valence-electron chi connectivity index (χ3n) is 2.61. The zero-order valence-electron chi connectivity index (χ0n) is 9.93. The SMILES string of the molecule is Nc1cc2c(cc1Sc1ncccc1Cl)OCCO2. The van der Waals surface area contributed by atoms with Crippen molar-refractivity contribution < 1.29 is 9.47 Å². The van der Waals surface area contributed by atoms with Crippen LogP contribution in [0.3, 0.4) is 0 Å². The van der Waals surface area contributed by atoms with Crippen LogP contribution in [0, 0.1) is 0 Å². The molecule has 19 heavy (non-hydrogen) atoms. The standard InChI is InChI=1S/C13H11ClN2O2S/c14-8-2-1-3-16-13(8)19-12-7-11-10(6-9(12)15)17-4-5-18-11/h1-3,6-7H,4-5,15H2. The Balaban J connectivity index is 1.95. The lowest BCUT2D eigenvalue weighted by Crippen LogP contribution is -2.15. The second kappa shape index (κ2) is 5.19. The van der Waals surface area contributed by atoms with Crippen molar-refractivity contribution in [2.75, 3.05) is 18.9 Å². The molecule has 98 valence electrons. The quantitative estimate of drug-likeness (QED) is 0.862. The second-order valence-electron chi connectivity index (χ2n) is 3.93. The summed E-state index contributed by atoms with van der Waals surface area (Å²) in [6.07, 6.45) is 1.70. The fraction of sp³-hybridized carbons (Fsp3) is 0.154. The van der Waals surface area contributed by atoms with Gasteiger partial charge in [0.15, 0.2) is 11.5 Å². The fourth-order valence-corrected chi connectivity index (χ4v) is 2.79. The molecule has 1 aliphatic heterocycles. The first-order valence-corrected chi connectivity index (χ1v) is 6.91. The van der Waals surface area contributed by atoms with Crippen LogP contribution in [0.2, 0.25) is 5.02 Å². The number of hydrogen-bond acceptors (Lipinski definition) is 5. The van der Waals surface area contributed by atoms with Crippen LogP contribution in [0.25, 0.3) is 0 Å². The molecule has 0 fully saturated rings. The monoisotopic (exact) mass is 294 g/mol. The van der Waals surface area contributed by atoms with Crippen molar-refractivity contribution in [2.24, 2.45) is 0 Å². The maximum Gasteiger partial charge on any atom is 0.163 e. The summed E-state index contributed by atoms with van der Waals surface area (Å²) in [4.78, 5) is 5.08. The van der Waals surface area contributed by atoms with E-state index in [-0.39, 0.29) is 0 Å². The van der Waals surface area contributed by atoms with E-state index in [1.54, 1.807) is 24.4 Å². The molecule has 0 amide bonds. The van der Waals surface area contributed by atoms with Crippen molar-refractivity contribution in [3.05, 3.63) is 35.5 Å². The molecule has 4 nitrogen and oxygen atoms in total. The van der Waals surface area contributed by atoms with Crippen LogP contribution in [-0.2, 0) is 0 Å². The predicted octanol–water partition coefficient (Wildman–Crippen LogP) is 3.24. The summed E-state index contributed by atoms with van der Waals surface area (Å²) in [6.45, 7) is 1.09. The Hall–Kier alpha value is -1.59. The van der Waals surface area contributed by atoms with Gasteiger partial charge in [0.05, 0.1) is 5.02 Å². The van der Waals surface area contributed by atoms with Gasteiger partial charge in [-0.25, -0.2) is 4.98 Å². The minimum Gasteiger partial charge on any atom is -0.486 e. The van der Waals surface area contributed by atoms with E-state index < -0.39 is 0 Å². The van der Waals surface area contributed by atoms with E-state index in [1.165, 1.54) is 11.8 Å². The minimum absolute atomic E-state index is 0.547. The number of benzene rings is 1. The molecule has 2 heterocycles. The van der Waals surface area contributed by atoms with Gasteiger partial charge < -0.3 is 15.2 Å². The van der Waals surface area contributed by atoms with Gasteiger partial charge in [0.25, 0.3) is 0 Å². The number of fused-ring (bicyclic) bond motifs is 1. The van der Waals surface area contributed by atoms with E-state index in [4.69, 9.17) is 26.8 Å². The number of anilines is 1. The molecule has 3 rings (SSSR count). The average Bonchev–Trinajstić information content (AvgIpc) is 2.42. The highest BCUT2D eigenvalue weighted by atomic mass is 35.5. The van der Waals surface area contributed by atoms with Crippen LogP contribution in [0.5, 0.6) is 11.5 Å². The molecule has 1 aromatic heterocycles. The van der Waals surface area contributed by atoms with Crippen LogP contribution >= 0.6 is 23.4 Å². The van der Waals surface area contributed by atoms with Crippen LogP contribution < -0.4 is 15.2 Å². The molecule has 1 aromatic carbocycles. The summed E-state index contributed by atoms with van der Waals surface area (Å²) in [5.74, 6) is 1.38. The van der Waals surface area contributed by atoms with Gasteiger partial charge in [0, 0.05) is 28.9 Å².